The number of piperidine rings is 1. The lowest BCUT2D eigenvalue weighted by Crippen LogP contribution is -3.12. The second kappa shape index (κ2) is 7.48. The van der Waals surface area contributed by atoms with Crippen LogP contribution in [0.4, 0.5) is 15.8 Å². The third-order valence-corrected chi connectivity index (χ3v) is 5.27. The van der Waals surface area contributed by atoms with E-state index in [1.54, 1.807) is 18.2 Å². The van der Waals surface area contributed by atoms with Crippen LogP contribution >= 0.6 is 0 Å². The van der Waals surface area contributed by atoms with Crippen LogP contribution < -0.4 is 4.90 Å². The first-order valence-electron chi connectivity index (χ1n) is 9.43. The molecule has 0 spiro atoms. The number of nitrogens with zero attached hydrogens (tertiary/aromatic N) is 3. The van der Waals surface area contributed by atoms with Gasteiger partial charge in [-0.25, -0.2) is 4.39 Å². The van der Waals surface area contributed by atoms with Crippen molar-refractivity contribution in [2.24, 2.45) is 16.1 Å². The second-order valence-electron chi connectivity index (χ2n) is 7.38. The summed E-state index contributed by atoms with van der Waals surface area (Å²) in [5, 5.41) is 19.9. The molecule has 140 valence electrons. The number of fused-ring (bicyclic) bond motifs is 1. The number of hydrogen-bond donors (Lipinski definition) is 2. The highest BCUT2D eigenvalue weighted by Crippen LogP contribution is 2.39. The SMILES string of the molecule is C[C@H]1CCC[NH+](Cn2c(O)c(N=Nc3ccccc3F)c3ccccc32)C1. The summed E-state index contributed by atoms with van der Waals surface area (Å²) in [6.45, 7) is 5.16. The summed E-state index contributed by atoms with van der Waals surface area (Å²) in [5.74, 6) is 0.344. The van der Waals surface area contributed by atoms with Crippen LogP contribution in [0, 0.1) is 11.7 Å². The molecule has 1 aliphatic heterocycles. The number of benzene rings is 2. The van der Waals surface area contributed by atoms with Gasteiger partial charge in [0.2, 0.25) is 5.88 Å². The number of para-hydroxylation sites is 1. The van der Waals surface area contributed by atoms with E-state index in [4.69, 9.17) is 0 Å². The first-order chi connectivity index (χ1) is 13.1. The van der Waals surface area contributed by atoms with Gasteiger partial charge in [0.05, 0.1) is 18.6 Å². The van der Waals surface area contributed by atoms with Crippen LogP contribution in [0.25, 0.3) is 10.9 Å². The standard InChI is InChI=1S/C21H23FN4O/c1-15-7-6-12-25(13-15)14-26-19-11-5-2-8-16(19)20(21(26)27)24-23-18-10-4-3-9-17(18)22/h2-5,8-11,15,27H,6-7,12-14H2,1H3/p+1/t15-/m0/s1. The molecule has 2 atom stereocenters. The molecule has 0 saturated carbocycles. The molecule has 6 heteroatoms. The zero-order valence-corrected chi connectivity index (χ0v) is 15.4. The van der Waals surface area contributed by atoms with Gasteiger partial charge in [-0.3, -0.25) is 4.57 Å². The Morgan fingerprint density at radius 1 is 1.15 bits per heavy atom. The molecule has 1 aliphatic rings. The van der Waals surface area contributed by atoms with Gasteiger partial charge in [0.15, 0.2) is 18.2 Å². The summed E-state index contributed by atoms with van der Waals surface area (Å²) in [4.78, 5) is 1.45. The molecule has 2 heterocycles. The molecule has 27 heavy (non-hydrogen) atoms. The molecule has 5 nitrogen and oxygen atoms in total. The highest BCUT2D eigenvalue weighted by atomic mass is 19.1. The van der Waals surface area contributed by atoms with Gasteiger partial charge < -0.3 is 10.0 Å². The number of nitrogens with one attached hydrogen (secondary N) is 1. The van der Waals surface area contributed by atoms with Crippen molar-refractivity contribution in [2.45, 2.75) is 26.4 Å². The number of azo groups is 1. The van der Waals surface area contributed by atoms with E-state index >= 15 is 0 Å². The largest absolute Gasteiger partial charge is 0.493 e. The fourth-order valence-corrected chi connectivity index (χ4v) is 3.93. The van der Waals surface area contributed by atoms with Crippen molar-refractivity contribution in [1.29, 1.82) is 0 Å². The average molecular weight is 367 g/mol. The minimum Gasteiger partial charge on any atom is -0.493 e. The minimum atomic E-state index is -0.434. The van der Waals surface area contributed by atoms with Gasteiger partial charge in [-0.1, -0.05) is 37.3 Å². The smallest absolute Gasteiger partial charge is 0.225 e. The Bertz CT molecular complexity index is 981. The molecule has 4 rings (SSSR count). The monoisotopic (exact) mass is 367 g/mol. The van der Waals surface area contributed by atoms with Crippen LogP contribution in [0.1, 0.15) is 19.8 Å². The molecule has 0 amide bonds. The third kappa shape index (κ3) is 3.57. The lowest BCUT2D eigenvalue weighted by atomic mass is 10.0. The maximum atomic E-state index is 13.8. The molecule has 3 aromatic rings. The molecule has 0 radical (unpaired) electrons. The van der Waals surface area contributed by atoms with E-state index in [0.29, 0.717) is 18.3 Å². The summed E-state index contributed by atoms with van der Waals surface area (Å²) in [6, 6.07) is 14.0. The number of rotatable bonds is 4. The fraction of sp³-hybridized carbons (Fsp3) is 0.333. The van der Waals surface area contributed by atoms with Crippen molar-refractivity contribution >= 4 is 22.3 Å². The molecule has 0 aliphatic carbocycles. The lowest BCUT2D eigenvalue weighted by molar-refractivity contribution is -0.930. The van der Waals surface area contributed by atoms with Crippen molar-refractivity contribution in [3.8, 4) is 5.88 Å². The molecule has 1 unspecified atom stereocenters. The van der Waals surface area contributed by atoms with Crippen molar-refractivity contribution < 1.29 is 14.4 Å². The Balaban J connectivity index is 1.71. The topological polar surface area (TPSA) is 54.3 Å². The van der Waals surface area contributed by atoms with Crippen molar-refractivity contribution in [3.63, 3.8) is 0 Å². The van der Waals surface area contributed by atoms with E-state index in [2.05, 4.69) is 17.2 Å². The normalized spacial score (nSPS) is 20.5. The summed E-state index contributed by atoms with van der Waals surface area (Å²) in [5.41, 5.74) is 1.46. The van der Waals surface area contributed by atoms with Gasteiger partial charge in [-0.15, -0.1) is 10.2 Å². The highest BCUT2D eigenvalue weighted by molar-refractivity contribution is 5.94. The van der Waals surface area contributed by atoms with E-state index in [1.807, 2.05) is 28.8 Å². The van der Waals surface area contributed by atoms with Crippen molar-refractivity contribution in [1.82, 2.24) is 4.57 Å². The number of aromatic nitrogens is 1. The molecular weight excluding hydrogens is 343 g/mol. The Morgan fingerprint density at radius 2 is 1.93 bits per heavy atom. The number of halogens is 1. The second-order valence-corrected chi connectivity index (χ2v) is 7.38. The predicted octanol–water partition coefficient (Wildman–Crippen LogP) is 4.17. The van der Waals surface area contributed by atoms with E-state index < -0.39 is 5.82 Å². The van der Waals surface area contributed by atoms with Gasteiger partial charge in [0.25, 0.3) is 0 Å². The zero-order valence-electron chi connectivity index (χ0n) is 15.4. The van der Waals surface area contributed by atoms with Crippen LogP contribution in [-0.2, 0) is 6.67 Å². The molecular formula is C21H24FN4O+. The summed E-state index contributed by atoms with van der Waals surface area (Å²) in [6.07, 6.45) is 2.47. The van der Waals surface area contributed by atoms with E-state index in [0.717, 1.165) is 24.0 Å². The predicted molar refractivity (Wildman–Crippen MR) is 103 cm³/mol. The third-order valence-electron chi connectivity index (χ3n) is 5.27. The van der Waals surface area contributed by atoms with Crippen LogP contribution in [0.3, 0.4) is 0 Å². The van der Waals surface area contributed by atoms with Gasteiger partial charge in [0.1, 0.15) is 5.69 Å². The van der Waals surface area contributed by atoms with Gasteiger partial charge >= 0.3 is 0 Å². The van der Waals surface area contributed by atoms with Crippen molar-refractivity contribution in [3.05, 3.63) is 54.3 Å². The summed E-state index contributed by atoms with van der Waals surface area (Å²) < 4.78 is 15.7. The summed E-state index contributed by atoms with van der Waals surface area (Å²) >= 11 is 0. The Hall–Kier alpha value is -2.73. The Labute approximate surface area is 157 Å². The fourth-order valence-electron chi connectivity index (χ4n) is 3.93. The van der Waals surface area contributed by atoms with E-state index in [-0.39, 0.29) is 11.6 Å². The van der Waals surface area contributed by atoms with Gasteiger partial charge in [0, 0.05) is 11.3 Å². The van der Waals surface area contributed by atoms with Crippen LogP contribution in [0.5, 0.6) is 5.88 Å². The first-order valence-corrected chi connectivity index (χ1v) is 9.43. The Kier molecular flexibility index (Phi) is 4.90. The number of likely N-dealkylation sites (tertiary alicyclic amines) is 1. The maximum absolute atomic E-state index is 13.8. The van der Waals surface area contributed by atoms with Gasteiger partial charge in [-0.05, 0) is 31.0 Å². The number of quaternary nitrogens is 1. The number of aromatic hydroxyl groups is 1. The Morgan fingerprint density at radius 3 is 2.74 bits per heavy atom. The minimum absolute atomic E-state index is 0.0852. The molecule has 1 saturated heterocycles. The molecule has 1 aromatic heterocycles. The van der Waals surface area contributed by atoms with E-state index in [1.165, 1.54) is 23.8 Å². The average Bonchev–Trinajstić information content (AvgIpc) is 2.93. The molecule has 2 N–H and O–H groups in total. The number of hydrogen-bond acceptors (Lipinski definition) is 3. The lowest BCUT2D eigenvalue weighted by Gasteiger charge is -2.28. The first kappa shape index (κ1) is 17.7. The van der Waals surface area contributed by atoms with Crippen LogP contribution in [-0.4, -0.2) is 22.8 Å². The molecule has 2 aromatic carbocycles. The molecule has 0 bridgehead atoms. The quantitative estimate of drug-likeness (QED) is 0.668. The van der Waals surface area contributed by atoms with E-state index in [9.17, 15) is 9.50 Å². The highest BCUT2D eigenvalue weighted by Gasteiger charge is 2.23. The zero-order chi connectivity index (χ0) is 18.8. The van der Waals surface area contributed by atoms with Crippen LogP contribution in [0.2, 0.25) is 0 Å². The molecule has 1 fully saturated rings. The van der Waals surface area contributed by atoms with Gasteiger partial charge in [-0.2, -0.15) is 0 Å². The summed E-state index contributed by atoms with van der Waals surface area (Å²) in [7, 11) is 0. The maximum Gasteiger partial charge on any atom is 0.225 e. The van der Waals surface area contributed by atoms with Crippen LogP contribution in [0.15, 0.2) is 58.8 Å². The van der Waals surface area contributed by atoms with Crippen molar-refractivity contribution in [2.75, 3.05) is 13.1 Å².